The number of thioether (sulfide) groups is 1. The van der Waals surface area contributed by atoms with Gasteiger partial charge < -0.3 is 4.84 Å². The first-order valence-electron chi connectivity index (χ1n) is 6.87. The van der Waals surface area contributed by atoms with Crippen molar-refractivity contribution in [2.24, 2.45) is 0 Å². The number of hydrogen-bond acceptors (Lipinski definition) is 4. The highest BCUT2D eigenvalue weighted by atomic mass is 35.5. The van der Waals surface area contributed by atoms with E-state index in [1.807, 2.05) is 44.3 Å². The molecule has 0 aliphatic heterocycles. The second kappa shape index (κ2) is 6.18. The van der Waals surface area contributed by atoms with Crippen LogP contribution in [0.3, 0.4) is 0 Å². The van der Waals surface area contributed by atoms with Crippen LogP contribution >= 0.6 is 23.4 Å². The Morgan fingerprint density at radius 3 is 2.82 bits per heavy atom. The van der Waals surface area contributed by atoms with Crippen LogP contribution in [-0.4, -0.2) is 21.8 Å². The van der Waals surface area contributed by atoms with E-state index in [-0.39, 0.29) is 0 Å². The summed E-state index contributed by atoms with van der Waals surface area (Å²) < 4.78 is 1.74. The van der Waals surface area contributed by atoms with E-state index in [9.17, 15) is 0 Å². The highest BCUT2D eigenvalue weighted by molar-refractivity contribution is 7.98. The fraction of sp³-hybridized carbons (Fsp3) is 0.250. The molecule has 4 nitrogen and oxygen atoms in total. The maximum atomic E-state index is 6.29. The van der Waals surface area contributed by atoms with Gasteiger partial charge in [-0.1, -0.05) is 35.5 Å². The minimum absolute atomic E-state index is 0.693. The minimum Gasteiger partial charge on any atom is -0.414 e. The van der Waals surface area contributed by atoms with Gasteiger partial charge in [-0.2, -0.15) is 4.73 Å². The van der Waals surface area contributed by atoms with Crippen LogP contribution in [0.4, 0.5) is 0 Å². The van der Waals surface area contributed by atoms with Gasteiger partial charge in [0.2, 0.25) is 5.16 Å². The monoisotopic (exact) mass is 333 g/mol. The number of imidazole rings is 1. The van der Waals surface area contributed by atoms with Gasteiger partial charge in [0.25, 0.3) is 0 Å². The Morgan fingerprint density at radius 2 is 2.05 bits per heavy atom. The smallest absolute Gasteiger partial charge is 0.204 e. The molecule has 1 aromatic carbocycles. The standard InChI is InChI=1S/C16H16ClN3OS/c1-10-8-18-13(11(2)15(10)17)9-22-16-19-12-6-4-5-7-14(12)20(16)21-3/h4-8H,9H2,1-3H3. The molecule has 0 N–H and O–H groups in total. The Hall–Kier alpha value is -1.72. The molecule has 0 aliphatic rings. The zero-order valence-corrected chi connectivity index (χ0v) is 14.2. The Balaban J connectivity index is 1.90. The molecule has 0 aliphatic carbocycles. The molecule has 2 heterocycles. The predicted molar refractivity (Wildman–Crippen MR) is 90.5 cm³/mol. The highest BCUT2D eigenvalue weighted by Crippen LogP contribution is 2.28. The van der Waals surface area contributed by atoms with E-state index >= 15 is 0 Å². The van der Waals surface area contributed by atoms with Crippen LogP contribution in [0.15, 0.2) is 35.6 Å². The lowest BCUT2D eigenvalue weighted by Crippen LogP contribution is -2.07. The second-order valence-corrected chi connectivity index (χ2v) is 6.30. The van der Waals surface area contributed by atoms with Crippen molar-refractivity contribution < 1.29 is 4.84 Å². The quantitative estimate of drug-likeness (QED) is 0.675. The first kappa shape index (κ1) is 15.2. The number of halogens is 1. The van der Waals surface area contributed by atoms with Gasteiger partial charge in [0.05, 0.1) is 11.2 Å². The van der Waals surface area contributed by atoms with Crippen LogP contribution in [0.2, 0.25) is 5.02 Å². The highest BCUT2D eigenvalue weighted by Gasteiger charge is 2.13. The molecule has 6 heteroatoms. The molecule has 0 fully saturated rings. The second-order valence-electron chi connectivity index (χ2n) is 4.98. The molecule has 3 rings (SSSR count). The SMILES string of the molecule is COn1c(SCc2ncc(C)c(Cl)c2C)nc2ccccc21. The predicted octanol–water partition coefficient (Wildman–Crippen LogP) is 4.05. The van der Waals surface area contributed by atoms with Gasteiger partial charge in [0, 0.05) is 17.0 Å². The van der Waals surface area contributed by atoms with Crippen molar-refractivity contribution in [2.45, 2.75) is 24.8 Å². The fourth-order valence-electron chi connectivity index (χ4n) is 2.28. The Morgan fingerprint density at radius 1 is 1.27 bits per heavy atom. The third-order valence-corrected chi connectivity index (χ3v) is 5.05. The lowest BCUT2D eigenvalue weighted by atomic mass is 10.2. The van der Waals surface area contributed by atoms with E-state index in [1.54, 1.807) is 23.6 Å². The lowest BCUT2D eigenvalue weighted by molar-refractivity contribution is 0.155. The van der Waals surface area contributed by atoms with Crippen molar-refractivity contribution in [1.29, 1.82) is 0 Å². The number of aryl methyl sites for hydroxylation is 1. The van der Waals surface area contributed by atoms with E-state index in [4.69, 9.17) is 16.4 Å². The topological polar surface area (TPSA) is 39.9 Å². The molecule has 0 saturated carbocycles. The average molecular weight is 334 g/mol. The van der Waals surface area contributed by atoms with E-state index in [1.165, 1.54) is 0 Å². The summed E-state index contributed by atoms with van der Waals surface area (Å²) in [7, 11) is 1.64. The van der Waals surface area contributed by atoms with Crippen LogP contribution < -0.4 is 4.84 Å². The largest absolute Gasteiger partial charge is 0.414 e. The van der Waals surface area contributed by atoms with Crippen molar-refractivity contribution in [3.63, 3.8) is 0 Å². The number of para-hydroxylation sites is 2. The molecule has 0 radical (unpaired) electrons. The third kappa shape index (κ3) is 2.66. The average Bonchev–Trinajstić information content (AvgIpc) is 2.89. The molecule has 0 saturated heterocycles. The number of rotatable bonds is 4. The van der Waals surface area contributed by atoms with Gasteiger partial charge in [-0.05, 0) is 37.1 Å². The van der Waals surface area contributed by atoms with Crippen LogP contribution in [0.1, 0.15) is 16.8 Å². The molecular weight excluding hydrogens is 318 g/mol. The number of aromatic nitrogens is 3. The van der Waals surface area contributed by atoms with Crippen molar-refractivity contribution >= 4 is 34.4 Å². The van der Waals surface area contributed by atoms with Crippen LogP contribution in [0, 0.1) is 13.8 Å². The maximum absolute atomic E-state index is 6.29. The number of benzene rings is 1. The first-order chi connectivity index (χ1) is 10.6. The van der Waals surface area contributed by atoms with E-state index in [0.29, 0.717) is 5.75 Å². The summed E-state index contributed by atoms with van der Waals surface area (Å²) >= 11 is 7.88. The molecule has 3 aromatic rings. The van der Waals surface area contributed by atoms with Gasteiger partial charge >= 0.3 is 0 Å². The summed E-state index contributed by atoms with van der Waals surface area (Å²) in [6.07, 6.45) is 1.81. The van der Waals surface area contributed by atoms with Crippen LogP contribution in [-0.2, 0) is 5.75 Å². The van der Waals surface area contributed by atoms with Gasteiger partial charge in [-0.15, -0.1) is 0 Å². The Bertz CT molecular complexity index is 832. The summed E-state index contributed by atoms with van der Waals surface area (Å²) in [5.74, 6) is 0.693. The van der Waals surface area contributed by atoms with Gasteiger partial charge in [0.1, 0.15) is 12.6 Å². The molecule has 0 spiro atoms. The number of hydrogen-bond donors (Lipinski definition) is 0. The summed E-state index contributed by atoms with van der Waals surface area (Å²) in [4.78, 5) is 14.5. The van der Waals surface area contributed by atoms with Crippen molar-refractivity contribution in [2.75, 3.05) is 7.11 Å². The molecule has 2 aromatic heterocycles. The van der Waals surface area contributed by atoms with Gasteiger partial charge in [0.15, 0.2) is 0 Å². The van der Waals surface area contributed by atoms with E-state index in [0.717, 1.165) is 38.0 Å². The summed E-state index contributed by atoms with van der Waals surface area (Å²) in [6, 6.07) is 7.90. The zero-order chi connectivity index (χ0) is 15.7. The van der Waals surface area contributed by atoms with Crippen molar-refractivity contribution in [3.05, 3.63) is 52.3 Å². The number of fused-ring (bicyclic) bond motifs is 1. The lowest BCUT2D eigenvalue weighted by Gasteiger charge is -2.09. The Kier molecular flexibility index (Phi) is 4.27. The molecule has 0 amide bonds. The molecule has 0 bridgehead atoms. The van der Waals surface area contributed by atoms with E-state index in [2.05, 4.69) is 9.97 Å². The number of nitrogens with zero attached hydrogens (tertiary/aromatic N) is 3. The van der Waals surface area contributed by atoms with Gasteiger partial charge in [-0.3, -0.25) is 4.98 Å². The van der Waals surface area contributed by atoms with Crippen molar-refractivity contribution in [3.8, 4) is 0 Å². The minimum atomic E-state index is 0.693. The van der Waals surface area contributed by atoms with Crippen molar-refractivity contribution in [1.82, 2.24) is 14.7 Å². The van der Waals surface area contributed by atoms with Crippen LogP contribution in [0.5, 0.6) is 0 Å². The summed E-state index contributed by atoms with van der Waals surface area (Å²) in [5.41, 5.74) is 4.86. The molecule has 114 valence electrons. The Labute approximate surface area is 138 Å². The molecular formula is C16H16ClN3OS. The third-order valence-electron chi connectivity index (χ3n) is 3.53. The van der Waals surface area contributed by atoms with Gasteiger partial charge in [-0.25, -0.2) is 4.98 Å². The zero-order valence-electron chi connectivity index (χ0n) is 12.6. The summed E-state index contributed by atoms with van der Waals surface area (Å²) in [5, 5.41) is 1.59. The fourth-order valence-corrected chi connectivity index (χ4v) is 3.45. The molecule has 0 unspecified atom stereocenters. The molecule has 0 atom stereocenters. The van der Waals surface area contributed by atoms with E-state index < -0.39 is 0 Å². The first-order valence-corrected chi connectivity index (χ1v) is 8.23. The van der Waals surface area contributed by atoms with Crippen LogP contribution in [0.25, 0.3) is 11.0 Å². The maximum Gasteiger partial charge on any atom is 0.204 e. The normalized spacial score (nSPS) is 11.1. The summed E-state index contributed by atoms with van der Waals surface area (Å²) in [6.45, 7) is 3.96. The molecule has 22 heavy (non-hydrogen) atoms. The number of pyridine rings is 1.